The molecule has 0 aliphatic heterocycles. The van der Waals surface area contributed by atoms with E-state index in [0.29, 0.717) is 0 Å². The van der Waals surface area contributed by atoms with Gasteiger partial charge in [-0.3, -0.25) is 0 Å². The molecule has 0 bridgehead atoms. The normalized spacial score (nSPS) is 12.3. The predicted molar refractivity (Wildman–Crippen MR) is 216 cm³/mol. The molecule has 0 amide bonds. The fraction of sp³-hybridized carbons (Fsp3) is 0. The van der Waals surface area contributed by atoms with Crippen molar-refractivity contribution < 1.29 is 0 Å². The lowest BCUT2D eigenvalue weighted by molar-refractivity contribution is 1.18. The molecule has 0 aliphatic carbocycles. The lowest BCUT2D eigenvalue weighted by Crippen LogP contribution is -1.96. The molecule has 0 saturated heterocycles. The van der Waals surface area contributed by atoms with Crippen LogP contribution in [0, 0.1) is 0 Å². The predicted octanol–water partition coefficient (Wildman–Crippen LogP) is 12.5. The van der Waals surface area contributed by atoms with E-state index in [0.717, 1.165) is 21.6 Å². The van der Waals surface area contributed by atoms with E-state index in [1.54, 1.807) is 17.7 Å². The van der Waals surface area contributed by atoms with Gasteiger partial charge in [0.25, 0.3) is 0 Å². The summed E-state index contributed by atoms with van der Waals surface area (Å²) in [6.07, 6.45) is 3.66. The molecule has 5 heteroatoms. The number of hydrogen-bond acceptors (Lipinski definition) is 3. The van der Waals surface area contributed by atoms with Crippen molar-refractivity contribution in [3.63, 3.8) is 0 Å². The molecule has 0 atom stereocenters. The van der Waals surface area contributed by atoms with E-state index in [4.69, 9.17) is 4.98 Å². The van der Waals surface area contributed by atoms with Crippen LogP contribution < -0.4 is 0 Å². The summed E-state index contributed by atoms with van der Waals surface area (Å²) < 4.78 is 7.29. The monoisotopic (exact) mass is 666 g/mol. The summed E-state index contributed by atoms with van der Waals surface area (Å²) in [5.41, 5.74) is 8.03. The first-order chi connectivity index (χ1) is 25.3. The number of nitrogens with zero attached hydrogens (tertiary/aromatic N) is 4. The summed E-state index contributed by atoms with van der Waals surface area (Å²) in [6.45, 7) is 0. The fourth-order valence-corrected chi connectivity index (χ4v) is 10.0. The molecular formula is C46H26N4S. The molecule has 0 saturated carbocycles. The van der Waals surface area contributed by atoms with Gasteiger partial charge in [-0.1, -0.05) is 109 Å². The third-order valence-corrected chi connectivity index (χ3v) is 11.9. The minimum atomic E-state index is 0.998. The second-order valence-electron chi connectivity index (χ2n) is 13.4. The Kier molecular flexibility index (Phi) is 5.35. The third-order valence-electron chi connectivity index (χ3n) is 10.8. The van der Waals surface area contributed by atoms with Crippen LogP contribution in [0.25, 0.3) is 108 Å². The Labute approximate surface area is 295 Å². The van der Waals surface area contributed by atoms with Crippen molar-refractivity contribution in [2.75, 3.05) is 0 Å². The highest BCUT2D eigenvalue weighted by Gasteiger charge is 2.27. The Hall–Kier alpha value is -6.56. The largest absolute Gasteiger partial charge is 0.308 e. The molecule has 0 spiro atoms. The summed E-state index contributed by atoms with van der Waals surface area (Å²) in [5, 5.41) is 13.8. The van der Waals surface area contributed by atoms with Crippen molar-refractivity contribution in [2.45, 2.75) is 0 Å². The lowest BCUT2D eigenvalue weighted by atomic mass is 9.94. The first-order valence-corrected chi connectivity index (χ1v) is 18.1. The SMILES string of the molecule is c1ccc(-n2c3ccccc3c3c4c(c5ccccc5n4-c4ccc5c6ccccc6c6ccccc6c5c4)c4sc5cncnc5c4c32)cc1. The molecule has 12 aromatic rings. The summed E-state index contributed by atoms with van der Waals surface area (Å²) in [6, 6.07) is 53.2. The standard InChI is InChI=1S/C46H26N4S/c1-2-12-27(13-3-1)49-37-20-10-8-18-34(37)40-44-41(46-42(45(40)49)43-39(51-46)25-47-26-48-43)35-19-9-11-21-38(35)50(44)28-22-23-33-31-16-5-4-14-29(31)30-15-6-7-17-32(30)36(33)24-28/h1-26H. The highest BCUT2D eigenvalue weighted by atomic mass is 32.1. The average molecular weight is 667 g/mol. The van der Waals surface area contributed by atoms with Gasteiger partial charge < -0.3 is 9.13 Å². The molecule has 8 aromatic carbocycles. The van der Waals surface area contributed by atoms with Gasteiger partial charge in [-0.05, 0) is 68.7 Å². The first kappa shape index (κ1) is 27.3. The zero-order chi connectivity index (χ0) is 33.2. The number of rotatable bonds is 2. The zero-order valence-corrected chi connectivity index (χ0v) is 28.0. The van der Waals surface area contributed by atoms with E-state index < -0.39 is 0 Å². The minimum Gasteiger partial charge on any atom is -0.308 e. The number of thiophene rings is 1. The summed E-state index contributed by atoms with van der Waals surface area (Å²) in [7, 11) is 0. The number of benzene rings is 8. The summed E-state index contributed by atoms with van der Waals surface area (Å²) in [5.74, 6) is 0. The second-order valence-corrected chi connectivity index (χ2v) is 14.4. The van der Waals surface area contributed by atoms with Gasteiger partial charge in [0.1, 0.15) is 6.33 Å². The number of para-hydroxylation sites is 3. The number of fused-ring (bicyclic) bond motifs is 18. The van der Waals surface area contributed by atoms with E-state index >= 15 is 0 Å². The maximum atomic E-state index is 4.94. The molecule has 4 heterocycles. The van der Waals surface area contributed by atoms with Crippen LogP contribution in [0.4, 0.5) is 0 Å². The van der Waals surface area contributed by atoms with Crippen LogP contribution in [0.3, 0.4) is 0 Å². The van der Waals surface area contributed by atoms with Gasteiger partial charge in [-0.15, -0.1) is 11.3 Å². The van der Waals surface area contributed by atoms with Crippen LogP contribution in [0.2, 0.25) is 0 Å². The first-order valence-electron chi connectivity index (χ1n) is 17.2. The molecule has 12 rings (SSSR count). The molecule has 0 N–H and O–H groups in total. The number of aromatic nitrogens is 4. The van der Waals surface area contributed by atoms with Gasteiger partial charge in [0.2, 0.25) is 0 Å². The van der Waals surface area contributed by atoms with Gasteiger partial charge >= 0.3 is 0 Å². The fourth-order valence-electron chi connectivity index (χ4n) is 8.81. The molecule has 4 nitrogen and oxygen atoms in total. The van der Waals surface area contributed by atoms with Gasteiger partial charge in [0.15, 0.2) is 0 Å². The van der Waals surface area contributed by atoms with Gasteiger partial charge in [-0.25, -0.2) is 9.97 Å². The Morgan fingerprint density at radius 2 is 0.961 bits per heavy atom. The van der Waals surface area contributed by atoms with Crippen molar-refractivity contribution in [3.05, 3.63) is 158 Å². The van der Waals surface area contributed by atoms with Crippen LogP contribution in [0.1, 0.15) is 0 Å². The molecule has 0 radical (unpaired) electrons. The maximum absolute atomic E-state index is 4.94. The Balaban J connectivity index is 1.36. The highest BCUT2D eigenvalue weighted by molar-refractivity contribution is 7.27. The van der Waals surface area contributed by atoms with Crippen molar-refractivity contribution in [2.24, 2.45) is 0 Å². The third kappa shape index (κ3) is 3.53. The highest BCUT2D eigenvalue weighted by Crippen LogP contribution is 2.51. The van der Waals surface area contributed by atoms with Gasteiger partial charge in [0.05, 0.1) is 32.3 Å². The van der Waals surface area contributed by atoms with Crippen LogP contribution in [0.15, 0.2) is 158 Å². The van der Waals surface area contributed by atoms with Crippen molar-refractivity contribution in [1.29, 1.82) is 0 Å². The molecule has 236 valence electrons. The number of hydrogen-bond donors (Lipinski definition) is 0. The van der Waals surface area contributed by atoms with Crippen molar-refractivity contribution in [1.82, 2.24) is 19.1 Å². The Morgan fingerprint density at radius 1 is 0.431 bits per heavy atom. The van der Waals surface area contributed by atoms with E-state index in [1.165, 1.54) is 86.0 Å². The van der Waals surface area contributed by atoms with Crippen molar-refractivity contribution in [3.8, 4) is 11.4 Å². The van der Waals surface area contributed by atoms with Crippen LogP contribution in [-0.2, 0) is 0 Å². The van der Waals surface area contributed by atoms with E-state index in [-0.39, 0.29) is 0 Å². The van der Waals surface area contributed by atoms with Gasteiger partial charge in [-0.2, -0.15) is 0 Å². The Bertz CT molecular complexity index is 3390. The molecule has 4 aromatic heterocycles. The molecule has 0 fully saturated rings. The van der Waals surface area contributed by atoms with Crippen LogP contribution in [0.5, 0.6) is 0 Å². The molecule has 51 heavy (non-hydrogen) atoms. The topological polar surface area (TPSA) is 35.6 Å². The minimum absolute atomic E-state index is 0.998. The zero-order valence-electron chi connectivity index (χ0n) is 27.2. The van der Waals surface area contributed by atoms with Crippen molar-refractivity contribution >= 4 is 108 Å². The maximum Gasteiger partial charge on any atom is 0.116 e. The molecule has 0 aliphatic rings. The summed E-state index contributed by atoms with van der Waals surface area (Å²) in [4.78, 5) is 9.41. The van der Waals surface area contributed by atoms with Crippen LogP contribution in [-0.4, -0.2) is 19.1 Å². The van der Waals surface area contributed by atoms with E-state index in [2.05, 4.69) is 160 Å². The average Bonchev–Trinajstić information content (AvgIpc) is 3.86. The van der Waals surface area contributed by atoms with E-state index in [1.807, 2.05) is 6.20 Å². The van der Waals surface area contributed by atoms with E-state index in [9.17, 15) is 0 Å². The molecular weight excluding hydrogens is 641 g/mol. The quantitative estimate of drug-likeness (QED) is 0.172. The smallest absolute Gasteiger partial charge is 0.116 e. The van der Waals surface area contributed by atoms with Crippen LogP contribution >= 0.6 is 11.3 Å². The summed E-state index contributed by atoms with van der Waals surface area (Å²) >= 11 is 1.80. The Morgan fingerprint density at radius 3 is 1.65 bits per heavy atom. The lowest BCUT2D eigenvalue weighted by Gasteiger charge is -2.14. The second kappa shape index (κ2) is 10.0. The molecule has 0 unspecified atom stereocenters. The van der Waals surface area contributed by atoms with Gasteiger partial charge in [0, 0.05) is 49.2 Å².